The molecule has 26 heavy (non-hydrogen) atoms. The van der Waals surface area contributed by atoms with Gasteiger partial charge in [-0.3, -0.25) is 0 Å². The zero-order chi connectivity index (χ0) is 17.7. The maximum absolute atomic E-state index is 12.6. The van der Waals surface area contributed by atoms with Crippen LogP contribution in [0.1, 0.15) is 27.6 Å². The Kier molecular flexibility index (Phi) is 3.22. The Balaban J connectivity index is 1.68. The number of benzene rings is 4. The van der Waals surface area contributed by atoms with E-state index in [4.69, 9.17) is 9.47 Å². The molecule has 4 aromatic carbocycles. The largest absolute Gasteiger partial charge is 0.497 e. The van der Waals surface area contributed by atoms with Gasteiger partial charge < -0.3 is 9.47 Å². The van der Waals surface area contributed by atoms with E-state index in [0.29, 0.717) is 5.56 Å². The summed E-state index contributed by atoms with van der Waals surface area (Å²) in [6.07, 6.45) is -0.367. The van der Waals surface area contributed by atoms with Gasteiger partial charge in [-0.1, -0.05) is 48.5 Å². The first-order valence-corrected chi connectivity index (χ1v) is 8.55. The van der Waals surface area contributed by atoms with Crippen LogP contribution in [0.5, 0.6) is 5.75 Å². The van der Waals surface area contributed by atoms with E-state index in [1.807, 2.05) is 48.5 Å². The first-order chi connectivity index (χ1) is 12.7. The molecule has 0 spiro atoms. The highest BCUT2D eigenvalue weighted by molar-refractivity contribution is 6.08. The molecule has 1 heterocycles. The van der Waals surface area contributed by atoms with Gasteiger partial charge in [0.05, 0.1) is 12.7 Å². The molecule has 3 nitrogen and oxygen atoms in total. The van der Waals surface area contributed by atoms with Crippen LogP contribution >= 0.6 is 0 Å². The second kappa shape index (κ2) is 5.60. The highest BCUT2D eigenvalue weighted by atomic mass is 16.5. The molecule has 1 unspecified atom stereocenters. The second-order valence-corrected chi connectivity index (χ2v) is 6.51. The van der Waals surface area contributed by atoms with Crippen LogP contribution in [0.2, 0.25) is 0 Å². The molecule has 126 valence electrons. The van der Waals surface area contributed by atoms with Crippen LogP contribution < -0.4 is 4.74 Å². The summed E-state index contributed by atoms with van der Waals surface area (Å²) in [7, 11) is 1.64. The van der Waals surface area contributed by atoms with Crippen LogP contribution in [0.25, 0.3) is 21.5 Å². The maximum Gasteiger partial charge on any atom is 0.340 e. The molecule has 1 atom stereocenters. The maximum atomic E-state index is 12.6. The zero-order valence-corrected chi connectivity index (χ0v) is 14.2. The Labute approximate surface area is 150 Å². The fourth-order valence-corrected chi connectivity index (χ4v) is 3.75. The molecule has 0 fully saturated rings. The minimum atomic E-state index is -0.367. The summed E-state index contributed by atoms with van der Waals surface area (Å²) in [5, 5.41) is 4.18. The van der Waals surface area contributed by atoms with E-state index in [9.17, 15) is 4.79 Å². The van der Waals surface area contributed by atoms with E-state index in [0.717, 1.165) is 33.0 Å². The molecule has 0 aliphatic carbocycles. The molecular weight excluding hydrogens is 324 g/mol. The van der Waals surface area contributed by atoms with Gasteiger partial charge in [-0.15, -0.1) is 0 Å². The summed E-state index contributed by atoms with van der Waals surface area (Å²) in [5.74, 6) is 0.504. The van der Waals surface area contributed by atoms with Crippen LogP contribution in [-0.4, -0.2) is 13.1 Å². The summed E-state index contributed by atoms with van der Waals surface area (Å²) in [5.41, 5.74) is 2.56. The number of ether oxygens (including phenoxy) is 2. The number of esters is 1. The third-order valence-corrected chi connectivity index (χ3v) is 5.05. The van der Waals surface area contributed by atoms with Crippen molar-refractivity contribution in [2.24, 2.45) is 0 Å². The van der Waals surface area contributed by atoms with Gasteiger partial charge in [-0.05, 0) is 51.4 Å². The van der Waals surface area contributed by atoms with Gasteiger partial charge >= 0.3 is 5.97 Å². The summed E-state index contributed by atoms with van der Waals surface area (Å²) in [4.78, 5) is 12.6. The fourth-order valence-electron chi connectivity index (χ4n) is 3.75. The van der Waals surface area contributed by atoms with Gasteiger partial charge in [0.15, 0.2) is 6.10 Å². The van der Waals surface area contributed by atoms with E-state index < -0.39 is 0 Å². The number of hydrogen-bond acceptors (Lipinski definition) is 3. The average Bonchev–Trinajstić information content (AvgIpc) is 3.04. The molecule has 0 radical (unpaired) electrons. The van der Waals surface area contributed by atoms with Crippen molar-refractivity contribution >= 4 is 27.5 Å². The lowest BCUT2D eigenvalue weighted by Crippen LogP contribution is -2.00. The van der Waals surface area contributed by atoms with Gasteiger partial charge in [-0.25, -0.2) is 4.79 Å². The molecule has 0 N–H and O–H groups in total. The van der Waals surface area contributed by atoms with E-state index >= 15 is 0 Å². The molecule has 4 aromatic rings. The zero-order valence-electron chi connectivity index (χ0n) is 14.2. The van der Waals surface area contributed by atoms with Gasteiger partial charge in [0, 0.05) is 5.56 Å². The van der Waals surface area contributed by atoms with Crippen molar-refractivity contribution in [3.63, 3.8) is 0 Å². The van der Waals surface area contributed by atoms with Crippen LogP contribution in [0.15, 0.2) is 72.8 Å². The molecule has 0 saturated heterocycles. The minimum absolute atomic E-state index is 0.270. The van der Waals surface area contributed by atoms with E-state index in [-0.39, 0.29) is 12.1 Å². The van der Waals surface area contributed by atoms with Crippen molar-refractivity contribution in [3.8, 4) is 5.75 Å². The molecule has 5 rings (SSSR count). The van der Waals surface area contributed by atoms with Gasteiger partial charge in [0.1, 0.15) is 5.75 Å². The number of hydrogen-bond donors (Lipinski definition) is 0. The predicted molar refractivity (Wildman–Crippen MR) is 102 cm³/mol. The number of rotatable bonds is 2. The summed E-state index contributed by atoms with van der Waals surface area (Å²) >= 11 is 0. The molecule has 0 amide bonds. The first kappa shape index (κ1) is 15.0. The van der Waals surface area contributed by atoms with Crippen molar-refractivity contribution in [2.45, 2.75) is 6.10 Å². The van der Waals surface area contributed by atoms with Crippen molar-refractivity contribution < 1.29 is 14.3 Å². The van der Waals surface area contributed by atoms with Gasteiger partial charge in [0.25, 0.3) is 0 Å². The van der Waals surface area contributed by atoms with Crippen LogP contribution in [-0.2, 0) is 4.74 Å². The lowest BCUT2D eigenvalue weighted by atomic mass is 9.93. The van der Waals surface area contributed by atoms with Gasteiger partial charge in [0.2, 0.25) is 0 Å². The normalized spacial score (nSPS) is 15.9. The number of cyclic esters (lactones) is 1. The van der Waals surface area contributed by atoms with Gasteiger partial charge in [-0.2, -0.15) is 0 Å². The van der Waals surface area contributed by atoms with E-state index in [1.54, 1.807) is 7.11 Å². The minimum Gasteiger partial charge on any atom is -0.497 e. The lowest BCUT2D eigenvalue weighted by Gasteiger charge is -2.12. The van der Waals surface area contributed by atoms with Crippen molar-refractivity contribution in [1.82, 2.24) is 0 Å². The van der Waals surface area contributed by atoms with Crippen molar-refractivity contribution in [2.75, 3.05) is 7.11 Å². The highest BCUT2D eigenvalue weighted by Gasteiger charge is 2.33. The third-order valence-electron chi connectivity index (χ3n) is 5.05. The smallest absolute Gasteiger partial charge is 0.340 e. The third kappa shape index (κ3) is 2.17. The van der Waals surface area contributed by atoms with Crippen LogP contribution in [0, 0.1) is 0 Å². The second-order valence-electron chi connectivity index (χ2n) is 6.51. The first-order valence-electron chi connectivity index (χ1n) is 8.55. The number of fused-ring (bicyclic) bond motifs is 4. The number of methoxy groups -OCH3 is 1. The van der Waals surface area contributed by atoms with E-state index in [2.05, 4.69) is 24.3 Å². The Morgan fingerprint density at radius 2 is 1.65 bits per heavy atom. The monoisotopic (exact) mass is 340 g/mol. The highest BCUT2D eigenvalue weighted by Crippen LogP contribution is 2.40. The Morgan fingerprint density at radius 3 is 2.50 bits per heavy atom. The lowest BCUT2D eigenvalue weighted by molar-refractivity contribution is 0.0457. The number of carbonyl (C=O) groups is 1. The van der Waals surface area contributed by atoms with E-state index in [1.165, 1.54) is 5.39 Å². The molecular formula is C23H16O3. The molecule has 0 saturated carbocycles. The summed E-state index contributed by atoms with van der Waals surface area (Å²) in [6, 6.07) is 24.1. The summed E-state index contributed by atoms with van der Waals surface area (Å²) < 4.78 is 11.0. The molecule has 0 aromatic heterocycles. The van der Waals surface area contributed by atoms with Crippen molar-refractivity contribution in [3.05, 3.63) is 89.5 Å². The topological polar surface area (TPSA) is 35.5 Å². The van der Waals surface area contributed by atoms with Crippen LogP contribution in [0.3, 0.4) is 0 Å². The molecule has 3 heteroatoms. The Hall–Kier alpha value is -3.33. The van der Waals surface area contributed by atoms with Crippen molar-refractivity contribution in [1.29, 1.82) is 0 Å². The predicted octanol–water partition coefficient (Wildman–Crippen LogP) is 5.26. The molecule has 0 bridgehead atoms. The number of carbonyl (C=O) groups excluding carboxylic acids is 1. The molecule has 1 aliphatic rings. The molecule has 1 aliphatic heterocycles. The van der Waals surface area contributed by atoms with Crippen LogP contribution in [0.4, 0.5) is 0 Å². The summed E-state index contributed by atoms with van der Waals surface area (Å²) in [6.45, 7) is 0. The average molecular weight is 340 g/mol. The SMILES string of the molecule is COc1ccc2c3c(ccc2c1)C(c1ccc2ccccc2c1)OC3=O. The Bertz CT molecular complexity index is 1180. The quantitative estimate of drug-likeness (QED) is 0.467. The fraction of sp³-hybridized carbons (Fsp3) is 0.0870. The Morgan fingerprint density at radius 1 is 0.846 bits per heavy atom. The standard InChI is InChI=1S/C23H16O3/c1-25-18-9-11-19-16(13-18)8-10-20-21(19)23(24)26-22(20)17-7-6-14-4-2-3-5-15(14)12-17/h2-13,22H,1H3.